The third kappa shape index (κ3) is 3.30. The van der Waals surface area contributed by atoms with Crippen molar-refractivity contribution in [2.45, 2.75) is 32.1 Å². The van der Waals surface area contributed by atoms with Crippen molar-refractivity contribution in [2.24, 2.45) is 13.0 Å². The minimum atomic E-state index is -0.189. The average molecular weight is 401 g/mol. The van der Waals surface area contributed by atoms with Gasteiger partial charge in [0.15, 0.2) is 5.76 Å². The number of ether oxygens (including phenoxy) is 2. The second-order valence-electron chi connectivity index (χ2n) is 8.07. The zero-order valence-electron chi connectivity index (χ0n) is 16.9. The van der Waals surface area contributed by atoms with Crippen LogP contribution in [0.5, 0.6) is 11.5 Å². The monoisotopic (exact) mass is 401 g/mol. The third-order valence-corrected chi connectivity index (χ3v) is 6.01. The Morgan fingerprint density at radius 2 is 1.93 bits per heavy atom. The fourth-order valence-corrected chi connectivity index (χ4v) is 4.40. The number of aryl methyl sites for hydroxylation is 1. The number of allylic oxidation sites excluding steroid dienone is 1. The summed E-state index contributed by atoms with van der Waals surface area (Å²) >= 11 is 0. The highest BCUT2D eigenvalue weighted by Gasteiger charge is 2.29. The van der Waals surface area contributed by atoms with E-state index in [4.69, 9.17) is 9.47 Å². The van der Waals surface area contributed by atoms with Crippen LogP contribution in [0.2, 0.25) is 0 Å². The van der Waals surface area contributed by atoms with Gasteiger partial charge in [-0.3, -0.25) is 9.59 Å². The number of rotatable bonds is 3. The van der Waals surface area contributed by atoms with Crippen LogP contribution < -0.4 is 9.47 Å². The highest BCUT2D eigenvalue weighted by atomic mass is 16.5. The summed E-state index contributed by atoms with van der Waals surface area (Å²) in [5.74, 6) is 0.742. The van der Waals surface area contributed by atoms with Crippen LogP contribution in [-0.2, 0) is 11.8 Å². The lowest BCUT2D eigenvalue weighted by atomic mass is 9.89. The van der Waals surface area contributed by atoms with Crippen LogP contribution in [0.25, 0.3) is 17.0 Å². The maximum atomic E-state index is 12.8. The van der Waals surface area contributed by atoms with E-state index in [2.05, 4.69) is 0 Å². The van der Waals surface area contributed by atoms with Crippen molar-refractivity contribution in [1.29, 1.82) is 0 Å². The molecule has 0 amide bonds. The van der Waals surface area contributed by atoms with E-state index in [1.54, 1.807) is 24.3 Å². The van der Waals surface area contributed by atoms with Gasteiger partial charge in [-0.1, -0.05) is 37.5 Å². The number of carbonyl (C=O) groups is 2. The largest absolute Gasteiger partial charge is 0.452 e. The number of aromatic nitrogens is 1. The molecular formula is C25H23NO4. The van der Waals surface area contributed by atoms with E-state index in [0.717, 1.165) is 42.1 Å². The first-order chi connectivity index (χ1) is 14.6. The highest BCUT2D eigenvalue weighted by Crippen LogP contribution is 2.36. The summed E-state index contributed by atoms with van der Waals surface area (Å²) in [5.41, 5.74) is 2.50. The van der Waals surface area contributed by atoms with Gasteiger partial charge >= 0.3 is 5.97 Å². The lowest BCUT2D eigenvalue weighted by Gasteiger charge is -2.19. The molecule has 0 radical (unpaired) electrons. The van der Waals surface area contributed by atoms with Gasteiger partial charge in [-0.15, -0.1) is 0 Å². The molecule has 5 nitrogen and oxygen atoms in total. The summed E-state index contributed by atoms with van der Waals surface area (Å²) in [6, 6.07) is 13.0. The number of Topliss-reactive ketones (excluding diaryl/α,β-unsaturated/α-hetero) is 1. The normalized spacial score (nSPS) is 17.9. The first kappa shape index (κ1) is 18.7. The highest BCUT2D eigenvalue weighted by molar-refractivity contribution is 6.15. The molecular weight excluding hydrogens is 378 g/mol. The SMILES string of the molecule is Cn1cc(/C=C2/Oc3cc(OC(=O)C4CCCCC4)ccc3C2=O)c2ccccc21. The van der Waals surface area contributed by atoms with Gasteiger partial charge in [-0.2, -0.15) is 0 Å². The van der Waals surface area contributed by atoms with Crippen LogP contribution in [0.1, 0.15) is 48.0 Å². The standard InChI is InChI=1S/C25H23NO4/c1-26-15-17(19-9-5-6-10-21(19)26)13-23-24(27)20-12-11-18(14-22(20)30-23)29-25(28)16-7-3-2-4-8-16/h5-6,9-16H,2-4,7-8H2,1H3/b23-13+. The number of hydrogen-bond acceptors (Lipinski definition) is 4. The van der Waals surface area contributed by atoms with E-state index in [1.807, 2.05) is 42.1 Å². The summed E-state index contributed by atoms with van der Waals surface area (Å²) in [6.45, 7) is 0. The number of para-hydroxylation sites is 1. The first-order valence-electron chi connectivity index (χ1n) is 10.4. The Balaban J connectivity index is 1.39. The van der Waals surface area contributed by atoms with Crippen LogP contribution in [-0.4, -0.2) is 16.3 Å². The van der Waals surface area contributed by atoms with Gasteiger partial charge in [-0.05, 0) is 37.1 Å². The van der Waals surface area contributed by atoms with E-state index in [1.165, 1.54) is 6.42 Å². The molecule has 152 valence electrons. The van der Waals surface area contributed by atoms with Crippen LogP contribution in [0.15, 0.2) is 54.4 Å². The average Bonchev–Trinajstić information content (AvgIpc) is 3.25. The van der Waals surface area contributed by atoms with Crippen molar-refractivity contribution in [3.8, 4) is 11.5 Å². The molecule has 0 saturated heterocycles. The Morgan fingerprint density at radius 1 is 1.13 bits per heavy atom. The molecule has 30 heavy (non-hydrogen) atoms. The van der Waals surface area contributed by atoms with E-state index < -0.39 is 0 Å². The molecule has 1 saturated carbocycles. The molecule has 1 aliphatic carbocycles. The lowest BCUT2D eigenvalue weighted by Crippen LogP contribution is -2.22. The number of benzene rings is 2. The number of esters is 1. The van der Waals surface area contributed by atoms with Gasteiger partial charge in [0.2, 0.25) is 5.78 Å². The van der Waals surface area contributed by atoms with Crippen LogP contribution >= 0.6 is 0 Å². The third-order valence-electron chi connectivity index (χ3n) is 6.01. The number of ketones is 1. The number of nitrogens with zero attached hydrogens (tertiary/aromatic N) is 1. The Morgan fingerprint density at radius 3 is 2.77 bits per heavy atom. The molecule has 5 heteroatoms. The Bertz CT molecular complexity index is 1180. The van der Waals surface area contributed by atoms with E-state index in [0.29, 0.717) is 17.1 Å². The van der Waals surface area contributed by atoms with E-state index in [9.17, 15) is 9.59 Å². The van der Waals surface area contributed by atoms with Gasteiger partial charge in [0, 0.05) is 35.8 Å². The second kappa shape index (κ2) is 7.48. The molecule has 1 aromatic heterocycles. The summed E-state index contributed by atoms with van der Waals surface area (Å²) in [6.07, 6.45) is 8.86. The molecule has 1 fully saturated rings. The maximum Gasteiger partial charge on any atom is 0.314 e. The zero-order valence-corrected chi connectivity index (χ0v) is 16.9. The summed E-state index contributed by atoms with van der Waals surface area (Å²) in [5, 5.41) is 1.06. The number of carbonyl (C=O) groups excluding carboxylic acids is 2. The summed E-state index contributed by atoms with van der Waals surface area (Å²) in [7, 11) is 1.98. The topological polar surface area (TPSA) is 57.5 Å². The van der Waals surface area contributed by atoms with Gasteiger partial charge in [0.1, 0.15) is 11.5 Å². The fourth-order valence-electron chi connectivity index (χ4n) is 4.40. The van der Waals surface area contributed by atoms with Crippen molar-refractivity contribution < 1.29 is 19.1 Å². The molecule has 0 spiro atoms. The van der Waals surface area contributed by atoms with E-state index >= 15 is 0 Å². The molecule has 1 aliphatic heterocycles. The van der Waals surface area contributed by atoms with Crippen molar-refractivity contribution in [3.63, 3.8) is 0 Å². The van der Waals surface area contributed by atoms with Gasteiger partial charge in [0.05, 0.1) is 11.5 Å². The molecule has 3 aromatic rings. The summed E-state index contributed by atoms with van der Waals surface area (Å²) in [4.78, 5) is 25.2. The van der Waals surface area contributed by atoms with Crippen molar-refractivity contribution in [2.75, 3.05) is 0 Å². The van der Waals surface area contributed by atoms with Gasteiger partial charge in [0.25, 0.3) is 0 Å². The Labute approximate surface area is 174 Å². The predicted octanol–water partition coefficient (Wildman–Crippen LogP) is 5.28. The molecule has 0 N–H and O–H groups in total. The Hall–Kier alpha value is -3.34. The molecule has 0 bridgehead atoms. The smallest absolute Gasteiger partial charge is 0.314 e. The molecule has 0 atom stereocenters. The molecule has 2 aromatic carbocycles. The van der Waals surface area contributed by atoms with Crippen molar-refractivity contribution >= 4 is 28.7 Å². The number of fused-ring (bicyclic) bond motifs is 2. The predicted molar refractivity (Wildman–Crippen MR) is 115 cm³/mol. The second-order valence-corrected chi connectivity index (χ2v) is 8.07. The molecule has 2 heterocycles. The zero-order chi connectivity index (χ0) is 20.7. The fraction of sp³-hybridized carbons (Fsp3) is 0.280. The van der Waals surface area contributed by atoms with Crippen LogP contribution in [0.4, 0.5) is 0 Å². The maximum absolute atomic E-state index is 12.8. The summed E-state index contributed by atoms with van der Waals surface area (Å²) < 4.78 is 13.5. The molecule has 5 rings (SSSR count). The minimum absolute atomic E-state index is 0.0311. The van der Waals surface area contributed by atoms with E-state index in [-0.39, 0.29) is 23.4 Å². The van der Waals surface area contributed by atoms with Gasteiger partial charge < -0.3 is 14.0 Å². The van der Waals surface area contributed by atoms with Crippen molar-refractivity contribution in [1.82, 2.24) is 4.57 Å². The minimum Gasteiger partial charge on any atom is -0.452 e. The van der Waals surface area contributed by atoms with Crippen LogP contribution in [0, 0.1) is 5.92 Å². The number of hydrogen-bond donors (Lipinski definition) is 0. The lowest BCUT2D eigenvalue weighted by molar-refractivity contribution is -0.139. The molecule has 2 aliphatic rings. The van der Waals surface area contributed by atoms with Crippen molar-refractivity contribution in [3.05, 3.63) is 65.5 Å². The first-order valence-corrected chi connectivity index (χ1v) is 10.4. The molecule has 0 unspecified atom stereocenters. The quantitative estimate of drug-likeness (QED) is 0.340. The van der Waals surface area contributed by atoms with Crippen LogP contribution in [0.3, 0.4) is 0 Å². The van der Waals surface area contributed by atoms with Gasteiger partial charge in [-0.25, -0.2) is 0 Å². The Kier molecular flexibility index (Phi) is 4.66.